The lowest BCUT2D eigenvalue weighted by atomic mass is 10.1. The number of phenols is 1. The molecular formula is C30H41N3O4. The molecule has 2 aromatic carbocycles. The molecule has 1 aromatic heterocycles. The Labute approximate surface area is 221 Å². The molecule has 0 saturated heterocycles. The highest BCUT2D eigenvalue weighted by Crippen LogP contribution is 2.26. The number of aromatic hydroxyl groups is 1. The van der Waals surface area contributed by atoms with Crippen LogP contribution in [0.3, 0.4) is 0 Å². The molecule has 37 heavy (non-hydrogen) atoms. The molecule has 0 fully saturated rings. The zero-order valence-electron chi connectivity index (χ0n) is 22.3. The average molecular weight is 508 g/mol. The first-order valence-corrected chi connectivity index (χ1v) is 13.8. The van der Waals surface area contributed by atoms with Gasteiger partial charge in [0.25, 0.3) is 0 Å². The average Bonchev–Trinajstić information content (AvgIpc) is 3.39. The van der Waals surface area contributed by atoms with Crippen molar-refractivity contribution in [3.8, 4) is 28.7 Å². The van der Waals surface area contributed by atoms with Gasteiger partial charge < -0.3 is 19.0 Å². The molecule has 0 atom stereocenters. The summed E-state index contributed by atoms with van der Waals surface area (Å²) in [7, 11) is 0. The molecule has 0 spiro atoms. The van der Waals surface area contributed by atoms with E-state index < -0.39 is 0 Å². The Kier molecular flexibility index (Phi) is 12.5. The van der Waals surface area contributed by atoms with Crippen LogP contribution in [0, 0.1) is 0 Å². The van der Waals surface area contributed by atoms with Crippen LogP contribution in [0.4, 0.5) is 6.01 Å². The van der Waals surface area contributed by atoms with Crippen LogP contribution in [0.5, 0.6) is 17.2 Å². The number of aromatic nitrogens is 2. The number of rotatable bonds is 18. The van der Waals surface area contributed by atoms with Gasteiger partial charge >= 0.3 is 6.01 Å². The molecule has 0 aliphatic rings. The predicted octanol–water partition coefficient (Wildman–Crippen LogP) is 8.28. The van der Waals surface area contributed by atoms with Gasteiger partial charge in [-0.05, 0) is 49.2 Å². The highest BCUT2D eigenvalue weighted by atomic mass is 16.5. The Balaban J connectivity index is 1.42. The quantitative estimate of drug-likeness (QED) is 0.138. The zero-order valence-corrected chi connectivity index (χ0v) is 22.3. The number of phenolic OH excluding ortho intramolecular Hbond substituents is 1. The molecule has 7 heteroatoms. The summed E-state index contributed by atoms with van der Waals surface area (Å²) in [4.78, 5) is 4.21. The number of hydrogen-bond acceptors (Lipinski definition) is 7. The summed E-state index contributed by atoms with van der Waals surface area (Å²) in [6.07, 6.45) is 15.0. The molecule has 3 rings (SSSR count). The van der Waals surface area contributed by atoms with Crippen LogP contribution < -0.4 is 9.47 Å². The van der Waals surface area contributed by atoms with E-state index in [4.69, 9.17) is 13.9 Å². The monoisotopic (exact) mass is 507 g/mol. The maximum absolute atomic E-state index is 10.3. The minimum atomic E-state index is 0.0824. The molecule has 0 radical (unpaired) electrons. The lowest BCUT2D eigenvalue weighted by molar-refractivity contribution is 0.304. The van der Waals surface area contributed by atoms with Gasteiger partial charge in [0.15, 0.2) is 0 Å². The lowest BCUT2D eigenvalue weighted by Crippen LogP contribution is -1.97. The molecule has 0 aliphatic heterocycles. The van der Waals surface area contributed by atoms with Crippen LogP contribution in [-0.4, -0.2) is 34.7 Å². The van der Waals surface area contributed by atoms with Gasteiger partial charge in [0.05, 0.1) is 13.2 Å². The Hall–Kier alpha value is -3.35. The SMILES string of the molecule is CCCCCCCCCCOc1ccc(-c2nnc(/N=C/c3ccc(OCCCCC)cc3O)o2)cc1. The summed E-state index contributed by atoms with van der Waals surface area (Å²) in [5.41, 5.74) is 1.33. The minimum Gasteiger partial charge on any atom is -0.507 e. The van der Waals surface area contributed by atoms with Crippen LogP contribution in [0.15, 0.2) is 51.9 Å². The van der Waals surface area contributed by atoms with Crippen LogP contribution in [0.25, 0.3) is 11.5 Å². The van der Waals surface area contributed by atoms with Crippen molar-refractivity contribution in [3.63, 3.8) is 0 Å². The largest absolute Gasteiger partial charge is 0.507 e. The van der Waals surface area contributed by atoms with Gasteiger partial charge in [0.2, 0.25) is 5.89 Å². The number of ether oxygens (including phenoxy) is 2. The van der Waals surface area contributed by atoms with Crippen LogP contribution in [0.2, 0.25) is 0 Å². The van der Waals surface area contributed by atoms with Crippen molar-refractivity contribution in [2.45, 2.75) is 84.5 Å². The van der Waals surface area contributed by atoms with Crippen molar-refractivity contribution in [3.05, 3.63) is 48.0 Å². The maximum Gasteiger partial charge on any atom is 0.342 e. The van der Waals surface area contributed by atoms with Gasteiger partial charge in [-0.2, -0.15) is 0 Å². The van der Waals surface area contributed by atoms with Crippen LogP contribution in [0.1, 0.15) is 90.0 Å². The van der Waals surface area contributed by atoms with Gasteiger partial charge in [-0.3, -0.25) is 0 Å². The molecule has 200 valence electrons. The first kappa shape index (κ1) is 28.2. The lowest BCUT2D eigenvalue weighted by Gasteiger charge is -2.07. The first-order chi connectivity index (χ1) is 18.2. The standard InChI is InChI=1S/C30H41N3O4/c1-3-5-7-8-9-10-11-13-21-35-26-17-14-24(15-18-26)29-32-33-30(37-29)31-23-25-16-19-27(22-28(25)34)36-20-12-6-4-2/h14-19,22-23,34H,3-13,20-21H2,1-2H3/b31-23+. The third kappa shape index (κ3) is 10.3. The number of benzene rings is 2. The number of aliphatic imine (C=N–C) groups is 1. The zero-order chi connectivity index (χ0) is 26.1. The normalized spacial score (nSPS) is 11.3. The second-order valence-corrected chi connectivity index (χ2v) is 9.27. The predicted molar refractivity (Wildman–Crippen MR) is 148 cm³/mol. The topological polar surface area (TPSA) is 90.0 Å². The van der Waals surface area contributed by atoms with Gasteiger partial charge in [0, 0.05) is 23.4 Å². The summed E-state index contributed by atoms with van der Waals surface area (Å²) >= 11 is 0. The second kappa shape index (κ2) is 16.4. The molecule has 0 amide bonds. The highest BCUT2D eigenvalue weighted by molar-refractivity contribution is 5.85. The van der Waals surface area contributed by atoms with Gasteiger partial charge in [-0.25, -0.2) is 4.99 Å². The van der Waals surface area contributed by atoms with Crippen molar-refractivity contribution >= 4 is 12.2 Å². The van der Waals surface area contributed by atoms with Crippen LogP contribution >= 0.6 is 0 Å². The van der Waals surface area contributed by atoms with E-state index in [0.717, 1.165) is 43.6 Å². The Bertz CT molecular complexity index is 1060. The first-order valence-electron chi connectivity index (χ1n) is 13.8. The van der Waals surface area contributed by atoms with Gasteiger partial charge in [-0.15, -0.1) is 5.10 Å². The smallest absolute Gasteiger partial charge is 0.342 e. The number of unbranched alkanes of at least 4 members (excludes halogenated alkanes) is 9. The highest BCUT2D eigenvalue weighted by Gasteiger charge is 2.09. The van der Waals surface area contributed by atoms with E-state index in [-0.39, 0.29) is 11.8 Å². The molecular weight excluding hydrogens is 466 g/mol. The molecule has 0 aliphatic carbocycles. The maximum atomic E-state index is 10.3. The Morgan fingerprint density at radius 3 is 2.05 bits per heavy atom. The van der Waals surface area contributed by atoms with E-state index in [2.05, 4.69) is 29.0 Å². The molecule has 1 heterocycles. The number of hydrogen-bond donors (Lipinski definition) is 1. The van der Waals surface area contributed by atoms with Gasteiger partial charge in [-0.1, -0.05) is 76.7 Å². The van der Waals surface area contributed by atoms with Crippen molar-refractivity contribution in [1.82, 2.24) is 10.2 Å². The van der Waals surface area contributed by atoms with Crippen molar-refractivity contribution in [2.24, 2.45) is 4.99 Å². The van der Waals surface area contributed by atoms with E-state index in [9.17, 15) is 5.11 Å². The molecule has 7 nitrogen and oxygen atoms in total. The van der Waals surface area contributed by atoms with Crippen LogP contribution in [-0.2, 0) is 0 Å². The van der Waals surface area contributed by atoms with E-state index >= 15 is 0 Å². The molecule has 0 unspecified atom stereocenters. The molecule has 0 saturated carbocycles. The van der Waals surface area contributed by atoms with E-state index in [1.54, 1.807) is 12.1 Å². The summed E-state index contributed by atoms with van der Waals surface area (Å²) in [6, 6.07) is 12.9. The number of nitrogens with zero attached hydrogens (tertiary/aromatic N) is 3. The van der Waals surface area contributed by atoms with Crippen molar-refractivity contribution < 1.29 is 19.0 Å². The molecule has 3 aromatic rings. The fourth-order valence-corrected chi connectivity index (χ4v) is 3.89. The Morgan fingerprint density at radius 1 is 0.757 bits per heavy atom. The van der Waals surface area contributed by atoms with Crippen molar-refractivity contribution in [2.75, 3.05) is 13.2 Å². The minimum absolute atomic E-state index is 0.0824. The summed E-state index contributed by atoms with van der Waals surface area (Å²) < 4.78 is 17.2. The fourth-order valence-electron chi connectivity index (χ4n) is 3.89. The van der Waals surface area contributed by atoms with Crippen molar-refractivity contribution in [1.29, 1.82) is 0 Å². The summed E-state index contributed by atoms with van der Waals surface area (Å²) in [5, 5.41) is 18.3. The molecule has 0 bridgehead atoms. The van der Waals surface area contributed by atoms with Gasteiger partial charge in [0.1, 0.15) is 17.2 Å². The van der Waals surface area contributed by atoms with E-state index in [0.29, 0.717) is 23.8 Å². The van der Waals surface area contributed by atoms with E-state index in [1.807, 2.05) is 30.3 Å². The Morgan fingerprint density at radius 2 is 1.35 bits per heavy atom. The molecule has 1 N–H and O–H groups in total. The third-order valence-corrected chi connectivity index (χ3v) is 6.11. The third-order valence-electron chi connectivity index (χ3n) is 6.11. The summed E-state index contributed by atoms with van der Waals surface area (Å²) in [6.45, 7) is 5.76. The van der Waals surface area contributed by atoms with E-state index in [1.165, 1.54) is 51.2 Å². The fraction of sp³-hybridized carbons (Fsp3) is 0.500. The summed E-state index contributed by atoms with van der Waals surface area (Å²) in [5.74, 6) is 1.93. The second-order valence-electron chi connectivity index (χ2n) is 9.27.